The van der Waals surface area contributed by atoms with Crippen LogP contribution in [-0.2, 0) is 33.7 Å². The fraction of sp³-hybridized carbons (Fsp3) is 0.778. The van der Waals surface area contributed by atoms with Gasteiger partial charge in [0.1, 0.15) is 11.6 Å². The van der Waals surface area contributed by atoms with E-state index in [1.807, 2.05) is 22.6 Å². The number of ether oxygens (including phenoxy) is 2. The van der Waals surface area contributed by atoms with Gasteiger partial charge in [0.2, 0.25) is 0 Å². The molecule has 1 amide bonds. The number of nitrogens with one attached hydrogen (secondary N) is 1. The molecule has 0 spiro atoms. The fourth-order valence-electron chi connectivity index (χ4n) is 0.753. The van der Waals surface area contributed by atoms with E-state index in [0.29, 0.717) is 4.43 Å². The monoisotopic (exact) mass is 393 g/mol. The Balaban J connectivity index is 0. The summed E-state index contributed by atoms with van der Waals surface area (Å²) in [6, 6.07) is -0.662. The van der Waals surface area contributed by atoms with Crippen LogP contribution in [0.1, 0.15) is 20.8 Å². The van der Waals surface area contributed by atoms with Crippen molar-refractivity contribution >= 4 is 34.7 Å². The van der Waals surface area contributed by atoms with Crippen LogP contribution in [0.15, 0.2) is 0 Å². The zero-order valence-electron chi connectivity index (χ0n) is 10.0. The van der Waals surface area contributed by atoms with Gasteiger partial charge in [-0.15, -0.1) is 0 Å². The van der Waals surface area contributed by atoms with E-state index < -0.39 is 23.7 Å². The van der Waals surface area contributed by atoms with Crippen LogP contribution in [0, 0.1) is 0 Å². The summed E-state index contributed by atoms with van der Waals surface area (Å²) < 4.78 is 9.96. The van der Waals surface area contributed by atoms with Gasteiger partial charge in [-0.3, -0.25) is 0 Å². The van der Waals surface area contributed by atoms with Gasteiger partial charge in [0, 0.05) is 23.9 Å². The SMILES string of the molecule is COC(=O)[C@@H](CI)NC(=O)OC(C)(C)C.[Zn]. The second-order valence-electron chi connectivity index (χ2n) is 3.88. The smallest absolute Gasteiger partial charge is 0.408 e. The first kappa shape index (κ1) is 18.5. The Kier molecular flexibility index (Phi) is 9.49. The summed E-state index contributed by atoms with van der Waals surface area (Å²) in [5.41, 5.74) is -0.573. The Bertz CT molecular complexity index is 242. The van der Waals surface area contributed by atoms with E-state index in [-0.39, 0.29) is 19.5 Å². The number of methoxy groups -OCH3 is 1. The van der Waals surface area contributed by atoms with Crippen molar-refractivity contribution in [3.05, 3.63) is 0 Å². The Labute approximate surface area is 122 Å². The number of esters is 1. The van der Waals surface area contributed by atoms with Crippen molar-refractivity contribution in [1.82, 2.24) is 5.32 Å². The third kappa shape index (κ3) is 8.27. The molecule has 0 unspecified atom stereocenters. The molecule has 0 aromatic rings. The fourth-order valence-corrected chi connectivity index (χ4v) is 1.33. The van der Waals surface area contributed by atoms with Crippen molar-refractivity contribution in [3.63, 3.8) is 0 Å². The molecule has 0 rings (SSSR count). The Morgan fingerprint density at radius 3 is 2.19 bits per heavy atom. The van der Waals surface area contributed by atoms with Gasteiger partial charge in [-0.1, -0.05) is 22.6 Å². The standard InChI is InChI=1S/C9H16INO4.Zn/c1-9(2,3)15-8(13)11-6(5-10)7(12)14-4;/h6H,5H2,1-4H3,(H,11,13);/t6-;/m1./s1. The first-order chi connectivity index (χ1) is 6.80. The van der Waals surface area contributed by atoms with E-state index in [4.69, 9.17) is 4.74 Å². The molecule has 0 radical (unpaired) electrons. The van der Waals surface area contributed by atoms with Crippen LogP contribution >= 0.6 is 22.6 Å². The van der Waals surface area contributed by atoms with E-state index in [1.165, 1.54) is 7.11 Å². The van der Waals surface area contributed by atoms with E-state index in [2.05, 4.69) is 10.1 Å². The van der Waals surface area contributed by atoms with Gasteiger partial charge in [-0.05, 0) is 20.8 Å². The summed E-state index contributed by atoms with van der Waals surface area (Å²) in [5, 5.41) is 2.43. The van der Waals surface area contributed by atoms with Gasteiger partial charge in [-0.25, -0.2) is 9.59 Å². The Hall–Kier alpha value is 0.0934. The number of hydrogen-bond acceptors (Lipinski definition) is 4. The van der Waals surface area contributed by atoms with Crippen LogP contribution in [0.2, 0.25) is 0 Å². The van der Waals surface area contributed by atoms with Gasteiger partial charge >= 0.3 is 12.1 Å². The molecule has 0 saturated heterocycles. The molecule has 0 fully saturated rings. The molecule has 16 heavy (non-hydrogen) atoms. The molecular formula is C9H16INO4Zn. The predicted molar refractivity (Wildman–Crippen MR) is 64.1 cm³/mol. The number of amides is 1. The molecular weight excluding hydrogens is 378 g/mol. The second kappa shape index (κ2) is 8.22. The van der Waals surface area contributed by atoms with Crippen molar-refractivity contribution in [1.29, 1.82) is 0 Å². The summed E-state index contributed by atoms with van der Waals surface area (Å²) in [6.45, 7) is 5.26. The third-order valence-electron chi connectivity index (χ3n) is 1.33. The number of hydrogen-bond donors (Lipinski definition) is 1. The average molecular weight is 395 g/mol. The molecule has 1 atom stereocenters. The zero-order valence-corrected chi connectivity index (χ0v) is 15.1. The number of halogens is 1. The maximum absolute atomic E-state index is 11.3. The molecule has 0 saturated carbocycles. The molecule has 7 heteroatoms. The van der Waals surface area contributed by atoms with Crippen LogP contribution in [0.25, 0.3) is 0 Å². The molecule has 90 valence electrons. The summed E-state index contributed by atoms with van der Waals surface area (Å²) in [4.78, 5) is 22.5. The molecule has 0 aliphatic rings. The normalized spacial score (nSPS) is 12.1. The molecule has 0 heterocycles. The van der Waals surface area contributed by atoms with Crippen molar-refractivity contribution < 1.29 is 38.5 Å². The van der Waals surface area contributed by atoms with Gasteiger partial charge in [0.05, 0.1) is 7.11 Å². The maximum Gasteiger partial charge on any atom is 0.408 e. The summed E-state index contributed by atoms with van der Waals surface area (Å²) in [5.74, 6) is -0.477. The molecule has 0 aromatic heterocycles. The van der Waals surface area contributed by atoms with E-state index in [1.54, 1.807) is 20.8 Å². The molecule has 0 aliphatic heterocycles. The van der Waals surface area contributed by atoms with E-state index in [9.17, 15) is 9.59 Å². The average Bonchev–Trinajstić information content (AvgIpc) is 2.10. The number of rotatable bonds is 3. The number of carbonyl (C=O) groups excluding carboxylic acids is 2. The first-order valence-electron chi connectivity index (χ1n) is 4.43. The molecule has 0 aromatic carbocycles. The zero-order chi connectivity index (χ0) is 12.1. The van der Waals surface area contributed by atoms with Gasteiger partial charge in [-0.2, -0.15) is 0 Å². The maximum atomic E-state index is 11.3. The van der Waals surface area contributed by atoms with Crippen molar-refractivity contribution in [2.45, 2.75) is 32.4 Å². The summed E-state index contributed by atoms with van der Waals surface area (Å²) in [7, 11) is 1.28. The summed E-state index contributed by atoms with van der Waals surface area (Å²) >= 11 is 1.99. The van der Waals surface area contributed by atoms with Gasteiger partial charge in [0.25, 0.3) is 0 Å². The minimum atomic E-state index is -0.662. The first-order valence-corrected chi connectivity index (χ1v) is 5.96. The van der Waals surface area contributed by atoms with Crippen LogP contribution in [-0.4, -0.2) is 35.2 Å². The largest absolute Gasteiger partial charge is 0.467 e. The van der Waals surface area contributed by atoms with E-state index in [0.717, 1.165) is 0 Å². The topological polar surface area (TPSA) is 64.6 Å². The van der Waals surface area contributed by atoms with Crippen LogP contribution < -0.4 is 5.32 Å². The Morgan fingerprint density at radius 1 is 1.38 bits per heavy atom. The molecule has 5 nitrogen and oxygen atoms in total. The van der Waals surface area contributed by atoms with Gasteiger partial charge in [0.15, 0.2) is 0 Å². The quantitative estimate of drug-likeness (QED) is 0.341. The van der Waals surface area contributed by atoms with Crippen molar-refractivity contribution in [2.24, 2.45) is 0 Å². The van der Waals surface area contributed by atoms with Crippen LogP contribution in [0.5, 0.6) is 0 Å². The van der Waals surface area contributed by atoms with Crippen LogP contribution in [0.3, 0.4) is 0 Å². The summed E-state index contributed by atoms with van der Waals surface area (Å²) in [6.07, 6.45) is -0.616. The predicted octanol–water partition coefficient (Wildman–Crippen LogP) is 1.49. The molecule has 0 bridgehead atoms. The van der Waals surface area contributed by atoms with Crippen molar-refractivity contribution in [2.75, 3.05) is 11.5 Å². The van der Waals surface area contributed by atoms with Gasteiger partial charge < -0.3 is 14.8 Å². The number of alkyl halides is 1. The third-order valence-corrected chi connectivity index (χ3v) is 2.21. The minimum Gasteiger partial charge on any atom is -0.467 e. The number of carbonyl (C=O) groups is 2. The Morgan fingerprint density at radius 2 is 1.88 bits per heavy atom. The van der Waals surface area contributed by atoms with Crippen molar-refractivity contribution in [3.8, 4) is 0 Å². The molecule has 1 N–H and O–H groups in total. The van der Waals surface area contributed by atoms with Crippen LogP contribution in [0.4, 0.5) is 4.79 Å². The van der Waals surface area contributed by atoms with E-state index >= 15 is 0 Å². The second-order valence-corrected chi connectivity index (χ2v) is 4.76. The number of alkyl carbamates (subject to hydrolysis) is 1. The molecule has 0 aliphatic carbocycles. The minimum absolute atomic E-state index is 0.